The summed E-state index contributed by atoms with van der Waals surface area (Å²) in [5.41, 5.74) is 5.01. The van der Waals surface area contributed by atoms with Gasteiger partial charge in [-0.15, -0.1) is 0 Å². The normalized spacial score (nSPS) is 22.0. The summed E-state index contributed by atoms with van der Waals surface area (Å²) in [6, 6.07) is 10.3. The number of aryl methyl sites for hydroxylation is 1. The van der Waals surface area contributed by atoms with E-state index in [9.17, 15) is 0 Å². The minimum atomic E-state index is 0.170. The quantitative estimate of drug-likeness (QED) is 0.603. The number of pyridine rings is 1. The third-order valence-corrected chi connectivity index (χ3v) is 4.59. The van der Waals surface area contributed by atoms with Crippen molar-refractivity contribution < 1.29 is 0 Å². The lowest BCUT2D eigenvalue weighted by Crippen LogP contribution is -2.18. The van der Waals surface area contributed by atoms with Crippen LogP contribution in [0.4, 0.5) is 0 Å². The van der Waals surface area contributed by atoms with Gasteiger partial charge < -0.3 is 0 Å². The molecule has 0 saturated carbocycles. The van der Waals surface area contributed by atoms with E-state index in [1.165, 1.54) is 28.6 Å². The molecule has 2 aromatic rings. The molecule has 0 amide bonds. The Hall–Kier alpha value is -2.48. The summed E-state index contributed by atoms with van der Waals surface area (Å²) in [6.45, 7) is 6.46. The summed E-state index contributed by atoms with van der Waals surface area (Å²) < 4.78 is 0. The zero-order chi connectivity index (χ0) is 17.0. The highest BCUT2D eigenvalue weighted by atomic mass is 14.8. The van der Waals surface area contributed by atoms with E-state index in [0.717, 1.165) is 11.9 Å². The van der Waals surface area contributed by atoms with Crippen LogP contribution >= 0.6 is 0 Å². The maximum Gasteiger partial charge on any atom is 0.0704 e. The molecule has 0 N–H and O–H groups in total. The molecule has 4 rings (SSSR count). The number of nitrogens with zero attached hydrogens (tertiary/aromatic N) is 2. The van der Waals surface area contributed by atoms with E-state index in [-0.39, 0.29) is 5.41 Å². The Morgan fingerprint density at radius 2 is 1.96 bits per heavy atom. The first-order valence-electron chi connectivity index (χ1n) is 8.49. The Morgan fingerprint density at radius 3 is 2.83 bits per heavy atom. The molecule has 2 aliphatic rings. The molecule has 1 aromatic carbocycles. The molecular formula is C22H24N2. The van der Waals surface area contributed by atoms with Gasteiger partial charge in [-0.3, -0.25) is 9.98 Å². The lowest BCUT2D eigenvalue weighted by atomic mass is 9.80. The van der Waals surface area contributed by atoms with Crippen LogP contribution in [0.15, 0.2) is 77.1 Å². The molecule has 122 valence electrons. The molecule has 0 spiro atoms. The monoisotopic (exact) mass is 316 g/mol. The summed E-state index contributed by atoms with van der Waals surface area (Å²) in [5, 5.41) is 1.21. The summed E-state index contributed by atoms with van der Waals surface area (Å²) in [5.74, 6) is 0. The van der Waals surface area contributed by atoms with Gasteiger partial charge in [-0.2, -0.15) is 0 Å². The Balaban J connectivity index is 0.000000143. The largest absolute Gasteiger partial charge is 0.265 e. The maximum absolute atomic E-state index is 4.46. The van der Waals surface area contributed by atoms with E-state index in [0.29, 0.717) is 0 Å². The molecule has 0 radical (unpaired) electrons. The van der Waals surface area contributed by atoms with Crippen LogP contribution in [0, 0.1) is 12.3 Å². The number of hydrogen-bond donors (Lipinski definition) is 0. The molecule has 0 bridgehead atoms. The molecule has 2 heteroatoms. The number of aliphatic imine (C=N–C) groups is 1. The van der Waals surface area contributed by atoms with Gasteiger partial charge in [0.25, 0.3) is 0 Å². The number of fused-ring (bicyclic) bond motifs is 2. The average molecular weight is 316 g/mol. The van der Waals surface area contributed by atoms with E-state index in [2.05, 4.69) is 79.3 Å². The van der Waals surface area contributed by atoms with Crippen molar-refractivity contribution in [3.8, 4) is 0 Å². The highest BCUT2D eigenvalue weighted by Gasteiger charge is 2.27. The number of rotatable bonds is 0. The minimum Gasteiger partial charge on any atom is -0.265 e. The van der Waals surface area contributed by atoms with Gasteiger partial charge in [0.05, 0.1) is 5.52 Å². The molecule has 0 fully saturated rings. The molecule has 1 aliphatic carbocycles. The van der Waals surface area contributed by atoms with Gasteiger partial charge >= 0.3 is 0 Å². The average Bonchev–Trinajstić information content (AvgIpc) is 2.74. The third-order valence-electron chi connectivity index (χ3n) is 4.59. The molecule has 1 aliphatic heterocycles. The molecule has 24 heavy (non-hydrogen) atoms. The van der Waals surface area contributed by atoms with Gasteiger partial charge in [0, 0.05) is 28.9 Å². The smallest absolute Gasteiger partial charge is 0.0704 e. The van der Waals surface area contributed by atoms with Crippen molar-refractivity contribution >= 4 is 17.1 Å². The van der Waals surface area contributed by atoms with Gasteiger partial charge in [0.1, 0.15) is 0 Å². The molecule has 2 heterocycles. The lowest BCUT2D eigenvalue weighted by molar-refractivity contribution is 0.465. The number of hydrogen-bond acceptors (Lipinski definition) is 2. The fraction of sp³-hybridized carbons (Fsp3) is 0.273. The van der Waals surface area contributed by atoms with E-state index in [4.69, 9.17) is 0 Å². The van der Waals surface area contributed by atoms with E-state index in [1.807, 2.05) is 18.5 Å². The first-order chi connectivity index (χ1) is 11.6. The van der Waals surface area contributed by atoms with Gasteiger partial charge in [-0.25, -0.2) is 0 Å². The lowest BCUT2D eigenvalue weighted by Gasteiger charge is -2.28. The van der Waals surface area contributed by atoms with Crippen LogP contribution in [0.3, 0.4) is 0 Å². The SMILES string of the molecule is CC1=CC=C2N=CCCC2(C)C=C1.Cc1ccc2cccnc2c1. The third kappa shape index (κ3) is 3.70. The zero-order valence-electron chi connectivity index (χ0n) is 14.7. The Bertz CT molecular complexity index is 855. The fourth-order valence-corrected chi connectivity index (χ4v) is 2.96. The van der Waals surface area contributed by atoms with E-state index >= 15 is 0 Å². The Kier molecular flexibility index (Phi) is 4.75. The molecule has 1 aromatic heterocycles. The molecule has 1 unspecified atom stereocenters. The Labute approximate surface area is 144 Å². The van der Waals surface area contributed by atoms with Crippen LogP contribution in [0.1, 0.15) is 32.3 Å². The van der Waals surface area contributed by atoms with Crippen molar-refractivity contribution in [3.05, 3.63) is 77.7 Å². The van der Waals surface area contributed by atoms with Crippen LogP contribution in [-0.2, 0) is 0 Å². The summed E-state index contributed by atoms with van der Waals surface area (Å²) in [6.07, 6.45) is 14.9. The topological polar surface area (TPSA) is 25.2 Å². The standard InChI is InChI=1S/C12H15N.C10H9N/c1-10-4-5-11-12(2,8-6-10)7-3-9-13-11;1-8-4-5-9-3-2-6-11-10(9)7-8/h4-6,8-9H,3,7H2,1-2H3;2-7H,1H3. The van der Waals surface area contributed by atoms with Crippen molar-refractivity contribution in [3.63, 3.8) is 0 Å². The van der Waals surface area contributed by atoms with Crippen molar-refractivity contribution in [1.82, 2.24) is 4.98 Å². The molecule has 0 saturated heterocycles. The minimum absolute atomic E-state index is 0.170. The first kappa shape index (κ1) is 16.4. The zero-order valence-corrected chi connectivity index (χ0v) is 14.7. The van der Waals surface area contributed by atoms with Crippen LogP contribution < -0.4 is 0 Å². The summed E-state index contributed by atoms with van der Waals surface area (Å²) >= 11 is 0. The molecule has 1 atom stereocenters. The summed E-state index contributed by atoms with van der Waals surface area (Å²) in [7, 11) is 0. The van der Waals surface area contributed by atoms with Gasteiger partial charge in [0.2, 0.25) is 0 Å². The van der Waals surface area contributed by atoms with Crippen LogP contribution in [-0.4, -0.2) is 11.2 Å². The second-order valence-corrected chi connectivity index (χ2v) is 6.76. The van der Waals surface area contributed by atoms with E-state index in [1.54, 1.807) is 0 Å². The number of allylic oxidation sites excluding steroid dienone is 5. The predicted molar refractivity (Wildman–Crippen MR) is 103 cm³/mol. The maximum atomic E-state index is 4.46. The van der Waals surface area contributed by atoms with Gasteiger partial charge in [0.15, 0.2) is 0 Å². The second kappa shape index (κ2) is 6.96. The Morgan fingerprint density at radius 1 is 1.08 bits per heavy atom. The van der Waals surface area contributed by atoms with Crippen LogP contribution in [0.2, 0.25) is 0 Å². The number of aromatic nitrogens is 1. The van der Waals surface area contributed by atoms with Crippen molar-refractivity contribution in [2.45, 2.75) is 33.6 Å². The second-order valence-electron chi connectivity index (χ2n) is 6.76. The van der Waals surface area contributed by atoms with E-state index < -0.39 is 0 Å². The van der Waals surface area contributed by atoms with Crippen molar-refractivity contribution in [1.29, 1.82) is 0 Å². The summed E-state index contributed by atoms with van der Waals surface area (Å²) in [4.78, 5) is 8.70. The van der Waals surface area contributed by atoms with Crippen LogP contribution in [0.25, 0.3) is 10.9 Å². The highest BCUT2D eigenvalue weighted by molar-refractivity contribution is 5.78. The highest BCUT2D eigenvalue weighted by Crippen LogP contribution is 2.38. The number of benzene rings is 1. The van der Waals surface area contributed by atoms with Crippen molar-refractivity contribution in [2.24, 2.45) is 10.4 Å². The molecule has 2 nitrogen and oxygen atoms in total. The predicted octanol–water partition coefficient (Wildman–Crippen LogP) is 5.80. The van der Waals surface area contributed by atoms with Gasteiger partial charge in [-0.05, 0) is 50.5 Å². The first-order valence-corrected chi connectivity index (χ1v) is 8.49. The van der Waals surface area contributed by atoms with Crippen molar-refractivity contribution in [2.75, 3.05) is 0 Å². The molecular weight excluding hydrogens is 292 g/mol. The fourth-order valence-electron chi connectivity index (χ4n) is 2.96. The van der Waals surface area contributed by atoms with Gasteiger partial charge in [-0.1, -0.05) is 48.9 Å². The van der Waals surface area contributed by atoms with Crippen LogP contribution in [0.5, 0.6) is 0 Å².